The van der Waals surface area contributed by atoms with Crippen LogP contribution in [0.1, 0.15) is 32.1 Å². The van der Waals surface area contributed by atoms with Crippen molar-refractivity contribution in [1.82, 2.24) is 0 Å². The largest absolute Gasteiger partial charge is 0.199 e. The SMILES string of the molecule is c1cc[n+](NC2CCCCC2)cc1. The van der Waals surface area contributed by atoms with E-state index in [-0.39, 0.29) is 0 Å². The minimum atomic E-state index is 0.682. The van der Waals surface area contributed by atoms with E-state index >= 15 is 0 Å². The summed E-state index contributed by atoms with van der Waals surface area (Å²) in [6.07, 6.45) is 10.9. The Hall–Kier alpha value is -1.05. The molecule has 1 aliphatic carbocycles. The van der Waals surface area contributed by atoms with Gasteiger partial charge >= 0.3 is 0 Å². The summed E-state index contributed by atoms with van der Waals surface area (Å²) in [7, 11) is 0. The van der Waals surface area contributed by atoms with E-state index in [9.17, 15) is 0 Å². The fraction of sp³-hybridized carbons (Fsp3) is 0.545. The summed E-state index contributed by atoms with van der Waals surface area (Å²) < 4.78 is 2.07. The summed E-state index contributed by atoms with van der Waals surface area (Å²) >= 11 is 0. The van der Waals surface area contributed by atoms with Gasteiger partial charge in [-0.3, -0.25) is 0 Å². The van der Waals surface area contributed by atoms with E-state index < -0.39 is 0 Å². The van der Waals surface area contributed by atoms with Crippen LogP contribution in [0.4, 0.5) is 0 Å². The van der Waals surface area contributed by atoms with Gasteiger partial charge in [-0.15, -0.1) is 0 Å². The van der Waals surface area contributed by atoms with E-state index in [0.717, 1.165) is 0 Å². The molecule has 1 aromatic heterocycles. The maximum absolute atomic E-state index is 3.50. The first-order chi connectivity index (χ1) is 6.45. The maximum Gasteiger partial charge on any atom is 0.199 e. The van der Waals surface area contributed by atoms with Crippen molar-refractivity contribution < 1.29 is 4.68 Å². The highest BCUT2D eigenvalue weighted by atomic mass is 15.4. The van der Waals surface area contributed by atoms with Crippen LogP contribution in [-0.4, -0.2) is 6.04 Å². The summed E-state index contributed by atoms with van der Waals surface area (Å²) in [5, 5.41) is 0. The lowest BCUT2D eigenvalue weighted by Gasteiger charge is -2.19. The molecule has 1 N–H and O–H groups in total. The molecular formula is C11H17N2+. The van der Waals surface area contributed by atoms with Gasteiger partial charge in [0, 0.05) is 12.1 Å². The van der Waals surface area contributed by atoms with E-state index in [0.29, 0.717) is 6.04 Å². The first kappa shape index (κ1) is 8.54. The van der Waals surface area contributed by atoms with Gasteiger partial charge < -0.3 is 0 Å². The molecule has 0 aliphatic heterocycles. The third-order valence-electron chi connectivity index (χ3n) is 2.65. The van der Waals surface area contributed by atoms with Crippen LogP contribution in [0.15, 0.2) is 30.6 Å². The van der Waals surface area contributed by atoms with Gasteiger partial charge in [0.05, 0.1) is 6.04 Å². The van der Waals surface area contributed by atoms with Gasteiger partial charge in [0.25, 0.3) is 0 Å². The molecule has 70 valence electrons. The van der Waals surface area contributed by atoms with Gasteiger partial charge in [-0.05, 0) is 12.8 Å². The highest BCUT2D eigenvalue weighted by Gasteiger charge is 2.15. The van der Waals surface area contributed by atoms with Crippen LogP contribution in [0.3, 0.4) is 0 Å². The van der Waals surface area contributed by atoms with Crippen molar-refractivity contribution in [3.63, 3.8) is 0 Å². The van der Waals surface area contributed by atoms with Crippen LogP contribution in [-0.2, 0) is 0 Å². The van der Waals surface area contributed by atoms with E-state index in [1.54, 1.807) is 0 Å². The topological polar surface area (TPSA) is 15.9 Å². The molecular weight excluding hydrogens is 160 g/mol. The normalized spacial score (nSPS) is 18.5. The second kappa shape index (κ2) is 4.26. The predicted molar refractivity (Wildman–Crippen MR) is 52.9 cm³/mol. The molecule has 0 bridgehead atoms. The maximum atomic E-state index is 3.50. The molecule has 1 fully saturated rings. The van der Waals surface area contributed by atoms with Crippen molar-refractivity contribution in [2.75, 3.05) is 5.43 Å². The standard InChI is InChI=1S/C11H17N2/c1-3-7-11(8-4-1)12-13-9-5-2-6-10-13/h2,5-6,9-12H,1,3-4,7-8H2/q+1. The summed E-state index contributed by atoms with van der Waals surface area (Å²) in [5.74, 6) is 0. The van der Waals surface area contributed by atoms with Crippen molar-refractivity contribution in [3.05, 3.63) is 30.6 Å². The molecule has 2 nitrogen and oxygen atoms in total. The van der Waals surface area contributed by atoms with Gasteiger partial charge in [-0.1, -0.05) is 30.0 Å². The van der Waals surface area contributed by atoms with Crippen LogP contribution >= 0.6 is 0 Å². The Balaban J connectivity index is 1.90. The summed E-state index contributed by atoms with van der Waals surface area (Å²) in [5.41, 5.74) is 3.50. The van der Waals surface area contributed by atoms with E-state index in [2.05, 4.69) is 34.6 Å². The number of rotatable bonds is 2. The van der Waals surface area contributed by atoms with Crippen molar-refractivity contribution in [2.24, 2.45) is 0 Å². The molecule has 1 aliphatic rings. The summed E-state index contributed by atoms with van der Waals surface area (Å²) in [6, 6.07) is 6.83. The third kappa shape index (κ3) is 2.44. The first-order valence-corrected chi connectivity index (χ1v) is 5.18. The zero-order valence-corrected chi connectivity index (χ0v) is 7.95. The zero-order valence-electron chi connectivity index (χ0n) is 7.95. The molecule has 0 spiro atoms. The number of aromatic nitrogens is 1. The predicted octanol–water partition coefficient (Wildman–Crippen LogP) is 1.85. The molecule has 0 aromatic carbocycles. The lowest BCUT2D eigenvalue weighted by atomic mass is 9.96. The van der Waals surface area contributed by atoms with Crippen molar-refractivity contribution >= 4 is 0 Å². The Kier molecular flexibility index (Phi) is 2.80. The highest BCUT2D eigenvalue weighted by Crippen LogP contribution is 2.17. The Labute approximate surface area is 79.6 Å². The number of nitrogens with one attached hydrogen (secondary N) is 1. The second-order valence-electron chi connectivity index (χ2n) is 3.75. The molecule has 1 aromatic rings. The second-order valence-corrected chi connectivity index (χ2v) is 3.75. The first-order valence-electron chi connectivity index (χ1n) is 5.18. The minimum Gasteiger partial charge on any atom is -0.190 e. The molecule has 2 rings (SSSR count). The molecule has 1 saturated carbocycles. The van der Waals surface area contributed by atoms with Crippen molar-refractivity contribution in [1.29, 1.82) is 0 Å². The lowest BCUT2D eigenvalue weighted by Crippen LogP contribution is -2.50. The molecule has 0 radical (unpaired) electrons. The number of nitrogens with zero attached hydrogens (tertiary/aromatic N) is 1. The van der Waals surface area contributed by atoms with Crippen LogP contribution in [0.25, 0.3) is 0 Å². The van der Waals surface area contributed by atoms with E-state index in [1.165, 1.54) is 32.1 Å². The molecule has 0 atom stereocenters. The summed E-state index contributed by atoms with van der Waals surface area (Å²) in [6.45, 7) is 0. The van der Waals surface area contributed by atoms with Crippen LogP contribution in [0.2, 0.25) is 0 Å². The average Bonchev–Trinajstić information content (AvgIpc) is 2.21. The van der Waals surface area contributed by atoms with Gasteiger partial charge in [0.1, 0.15) is 0 Å². The zero-order chi connectivity index (χ0) is 8.93. The number of hydrogen-bond donors (Lipinski definition) is 1. The summed E-state index contributed by atoms with van der Waals surface area (Å²) in [4.78, 5) is 0. The van der Waals surface area contributed by atoms with Gasteiger partial charge in [0.15, 0.2) is 12.4 Å². The van der Waals surface area contributed by atoms with Crippen LogP contribution < -0.4 is 10.1 Å². The Morgan fingerprint density at radius 1 is 0.923 bits per heavy atom. The Morgan fingerprint density at radius 3 is 2.31 bits per heavy atom. The third-order valence-corrected chi connectivity index (χ3v) is 2.65. The van der Waals surface area contributed by atoms with Crippen LogP contribution in [0.5, 0.6) is 0 Å². The Bertz CT molecular complexity index is 240. The van der Waals surface area contributed by atoms with Gasteiger partial charge in [-0.25, -0.2) is 0 Å². The fourth-order valence-corrected chi connectivity index (χ4v) is 1.93. The smallest absolute Gasteiger partial charge is 0.190 e. The minimum absolute atomic E-state index is 0.682. The van der Waals surface area contributed by atoms with Crippen molar-refractivity contribution in [2.45, 2.75) is 38.1 Å². The van der Waals surface area contributed by atoms with Gasteiger partial charge in [0.2, 0.25) is 0 Å². The monoisotopic (exact) mass is 177 g/mol. The number of pyridine rings is 1. The Morgan fingerprint density at radius 2 is 1.62 bits per heavy atom. The van der Waals surface area contributed by atoms with Gasteiger partial charge in [-0.2, -0.15) is 5.43 Å². The van der Waals surface area contributed by atoms with E-state index in [4.69, 9.17) is 0 Å². The molecule has 1 heterocycles. The quantitative estimate of drug-likeness (QED) is 0.682. The lowest BCUT2D eigenvalue weighted by molar-refractivity contribution is -0.653. The number of hydrogen-bond acceptors (Lipinski definition) is 1. The highest BCUT2D eigenvalue weighted by molar-refractivity contribution is 4.85. The fourth-order valence-electron chi connectivity index (χ4n) is 1.93. The molecule has 0 unspecified atom stereocenters. The molecule has 2 heteroatoms. The van der Waals surface area contributed by atoms with Crippen molar-refractivity contribution in [3.8, 4) is 0 Å². The van der Waals surface area contributed by atoms with Crippen LogP contribution in [0, 0.1) is 0 Å². The molecule has 0 saturated heterocycles. The van der Waals surface area contributed by atoms with E-state index in [1.807, 2.05) is 6.07 Å². The average molecular weight is 177 g/mol. The molecule has 0 amide bonds. The molecule has 13 heavy (non-hydrogen) atoms.